The van der Waals surface area contributed by atoms with Crippen LogP contribution in [0.4, 0.5) is 8.78 Å². The standard InChI is InChI=1S/C28H16F2N6O2/c29-24-12-16(7-10-32-24)20-13-19-23(14-35-20)37-21-6-5-15(17-3-1-9-34-26(17)30)11-18(21)28(19)25-22(4-2-8-33-25)38-27(31)36-28/h1-14H,(H2,31,36). The van der Waals surface area contributed by atoms with Crippen LogP contribution in [0.15, 0.2) is 90.4 Å². The monoisotopic (exact) mass is 506 g/mol. The molecule has 38 heavy (non-hydrogen) atoms. The Bertz CT molecular complexity index is 1790. The molecule has 2 aliphatic rings. The van der Waals surface area contributed by atoms with Gasteiger partial charge in [0, 0.05) is 46.9 Å². The third-order valence-corrected chi connectivity index (χ3v) is 6.54. The van der Waals surface area contributed by atoms with Crippen molar-refractivity contribution in [1.82, 2.24) is 19.9 Å². The van der Waals surface area contributed by atoms with Crippen LogP contribution in [-0.2, 0) is 5.54 Å². The molecular formula is C28H16F2N6O2. The molecule has 1 atom stereocenters. The molecule has 0 fully saturated rings. The molecule has 0 radical (unpaired) electrons. The summed E-state index contributed by atoms with van der Waals surface area (Å²) in [5.41, 5.74) is 8.32. The van der Waals surface area contributed by atoms with Gasteiger partial charge in [0.1, 0.15) is 11.4 Å². The van der Waals surface area contributed by atoms with Gasteiger partial charge in [-0.1, -0.05) is 6.07 Å². The quantitative estimate of drug-likeness (QED) is 0.336. The van der Waals surface area contributed by atoms with E-state index < -0.39 is 17.4 Å². The van der Waals surface area contributed by atoms with Gasteiger partial charge in [0.05, 0.1) is 11.9 Å². The number of nitrogens with two attached hydrogens (primary N) is 1. The van der Waals surface area contributed by atoms with Crippen LogP contribution < -0.4 is 15.2 Å². The normalized spacial score (nSPS) is 16.9. The van der Waals surface area contributed by atoms with Gasteiger partial charge in [-0.2, -0.15) is 8.78 Å². The Balaban J connectivity index is 1.55. The summed E-state index contributed by atoms with van der Waals surface area (Å²) in [6.45, 7) is 0. The van der Waals surface area contributed by atoms with E-state index in [4.69, 9.17) is 20.2 Å². The van der Waals surface area contributed by atoms with Gasteiger partial charge in [-0.3, -0.25) is 9.97 Å². The van der Waals surface area contributed by atoms with Crippen molar-refractivity contribution in [3.05, 3.63) is 114 Å². The summed E-state index contributed by atoms with van der Waals surface area (Å²) in [4.78, 5) is 21.4. The lowest BCUT2D eigenvalue weighted by Crippen LogP contribution is -2.40. The van der Waals surface area contributed by atoms with Crippen LogP contribution >= 0.6 is 0 Å². The Morgan fingerprint density at radius 1 is 0.711 bits per heavy atom. The zero-order valence-corrected chi connectivity index (χ0v) is 19.5. The number of aromatic nitrogens is 4. The molecule has 0 amide bonds. The molecule has 2 aliphatic heterocycles. The summed E-state index contributed by atoms with van der Waals surface area (Å²) < 4.78 is 40.6. The zero-order valence-electron chi connectivity index (χ0n) is 19.5. The number of halogens is 2. The molecule has 0 bridgehead atoms. The number of rotatable bonds is 2. The summed E-state index contributed by atoms with van der Waals surface area (Å²) in [6, 6.07) is 16.6. The van der Waals surface area contributed by atoms with E-state index >= 15 is 0 Å². The molecule has 0 saturated heterocycles. The zero-order chi connectivity index (χ0) is 25.9. The second-order valence-electron chi connectivity index (χ2n) is 8.70. The largest absolute Gasteiger partial charge is 0.455 e. The number of fused-ring (bicyclic) bond motifs is 6. The van der Waals surface area contributed by atoms with Gasteiger partial charge in [-0.05, 0) is 54.1 Å². The number of amidine groups is 1. The average molecular weight is 506 g/mol. The maximum absolute atomic E-state index is 14.7. The highest BCUT2D eigenvalue weighted by atomic mass is 19.1. The van der Waals surface area contributed by atoms with Crippen LogP contribution in [0.25, 0.3) is 22.4 Å². The molecule has 10 heteroatoms. The van der Waals surface area contributed by atoms with Crippen LogP contribution in [0.3, 0.4) is 0 Å². The molecule has 8 nitrogen and oxygen atoms in total. The van der Waals surface area contributed by atoms with Gasteiger partial charge in [0.15, 0.2) is 17.0 Å². The molecule has 5 aromatic rings. The second-order valence-corrected chi connectivity index (χ2v) is 8.70. The van der Waals surface area contributed by atoms with Gasteiger partial charge in [0.25, 0.3) is 6.02 Å². The Labute approximate surface area is 214 Å². The topological polar surface area (TPSA) is 108 Å². The Morgan fingerprint density at radius 3 is 2.42 bits per heavy atom. The maximum Gasteiger partial charge on any atom is 0.289 e. The van der Waals surface area contributed by atoms with Crippen molar-refractivity contribution in [1.29, 1.82) is 0 Å². The molecule has 4 aromatic heterocycles. The second kappa shape index (κ2) is 8.13. The smallest absolute Gasteiger partial charge is 0.289 e. The lowest BCUT2D eigenvalue weighted by atomic mass is 9.76. The fourth-order valence-corrected chi connectivity index (χ4v) is 4.93. The van der Waals surface area contributed by atoms with E-state index in [0.29, 0.717) is 56.5 Å². The minimum atomic E-state index is -1.33. The fourth-order valence-electron chi connectivity index (χ4n) is 4.93. The number of aliphatic imine (C=N–C) groups is 1. The SMILES string of the molecule is NC1=NC2(c3cc(-c4cccnc4F)ccc3Oc3cnc(-c4ccnc(F)c4)cc32)c2ncccc2O1. The summed E-state index contributed by atoms with van der Waals surface area (Å²) >= 11 is 0. The van der Waals surface area contributed by atoms with Crippen LogP contribution in [-0.4, -0.2) is 26.0 Å². The van der Waals surface area contributed by atoms with Crippen molar-refractivity contribution in [3.63, 3.8) is 0 Å². The molecule has 184 valence electrons. The first-order chi connectivity index (χ1) is 18.5. The van der Waals surface area contributed by atoms with Crippen LogP contribution in [0, 0.1) is 11.9 Å². The van der Waals surface area contributed by atoms with E-state index in [1.165, 1.54) is 18.5 Å². The summed E-state index contributed by atoms with van der Waals surface area (Å²) in [5, 5.41) is 0. The van der Waals surface area contributed by atoms with E-state index in [0.717, 1.165) is 0 Å². The number of nitrogens with zero attached hydrogens (tertiary/aromatic N) is 5. The Hall–Kier alpha value is -5.25. The number of hydrogen-bond donors (Lipinski definition) is 1. The first-order valence-electron chi connectivity index (χ1n) is 11.6. The van der Waals surface area contributed by atoms with Crippen LogP contribution in [0.5, 0.6) is 17.2 Å². The summed E-state index contributed by atoms with van der Waals surface area (Å²) in [7, 11) is 0. The molecular weight excluding hydrogens is 490 g/mol. The predicted octanol–water partition coefficient (Wildman–Crippen LogP) is 4.98. The maximum atomic E-state index is 14.7. The first-order valence-corrected chi connectivity index (χ1v) is 11.6. The van der Waals surface area contributed by atoms with E-state index in [2.05, 4.69) is 19.9 Å². The number of benzene rings is 1. The van der Waals surface area contributed by atoms with Crippen molar-refractivity contribution in [2.75, 3.05) is 0 Å². The van der Waals surface area contributed by atoms with Gasteiger partial charge < -0.3 is 15.2 Å². The minimum Gasteiger partial charge on any atom is -0.455 e. The molecule has 7 rings (SSSR count). The third kappa shape index (κ3) is 3.23. The molecule has 2 N–H and O–H groups in total. The highest BCUT2D eigenvalue weighted by Gasteiger charge is 2.50. The van der Waals surface area contributed by atoms with Crippen LogP contribution in [0.1, 0.15) is 16.8 Å². The Kier molecular flexibility index (Phi) is 4.71. The molecule has 1 spiro atoms. The van der Waals surface area contributed by atoms with Gasteiger partial charge in [-0.15, -0.1) is 0 Å². The van der Waals surface area contributed by atoms with E-state index in [1.54, 1.807) is 67.0 Å². The van der Waals surface area contributed by atoms with Crippen molar-refractivity contribution in [2.45, 2.75) is 5.54 Å². The molecule has 0 aliphatic carbocycles. The van der Waals surface area contributed by atoms with Crippen LogP contribution in [0.2, 0.25) is 0 Å². The Morgan fingerprint density at radius 2 is 1.55 bits per heavy atom. The fraction of sp³-hybridized carbons (Fsp3) is 0.0357. The predicted molar refractivity (Wildman–Crippen MR) is 134 cm³/mol. The van der Waals surface area contributed by atoms with Gasteiger partial charge in [0.2, 0.25) is 11.9 Å². The minimum absolute atomic E-state index is 0.0874. The van der Waals surface area contributed by atoms with E-state index in [-0.39, 0.29) is 6.02 Å². The van der Waals surface area contributed by atoms with Crippen molar-refractivity contribution in [2.24, 2.45) is 10.7 Å². The van der Waals surface area contributed by atoms with E-state index in [9.17, 15) is 8.78 Å². The molecule has 6 heterocycles. The lowest BCUT2D eigenvalue weighted by molar-refractivity contribution is 0.392. The van der Waals surface area contributed by atoms with Crippen molar-refractivity contribution < 1.29 is 18.3 Å². The number of pyridine rings is 4. The number of hydrogen-bond acceptors (Lipinski definition) is 8. The van der Waals surface area contributed by atoms with Crippen molar-refractivity contribution >= 4 is 6.02 Å². The van der Waals surface area contributed by atoms with E-state index in [1.807, 2.05) is 0 Å². The first kappa shape index (κ1) is 22.0. The lowest BCUT2D eigenvalue weighted by Gasteiger charge is -2.39. The summed E-state index contributed by atoms with van der Waals surface area (Å²) in [5.74, 6) is 0.0292. The molecule has 0 saturated carbocycles. The summed E-state index contributed by atoms with van der Waals surface area (Å²) in [6.07, 6.45) is 5.93. The third-order valence-electron chi connectivity index (χ3n) is 6.54. The average Bonchev–Trinajstić information content (AvgIpc) is 2.93. The molecule has 1 unspecified atom stereocenters. The van der Waals surface area contributed by atoms with Crippen molar-refractivity contribution in [3.8, 4) is 39.6 Å². The van der Waals surface area contributed by atoms with Gasteiger partial charge in [-0.25, -0.2) is 15.0 Å². The number of ether oxygens (including phenoxy) is 2. The highest BCUT2D eigenvalue weighted by Crippen LogP contribution is 2.56. The molecule has 1 aromatic carbocycles. The van der Waals surface area contributed by atoms with Gasteiger partial charge >= 0.3 is 0 Å². The highest BCUT2D eigenvalue weighted by molar-refractivity contribution is 5.82.